The Balaban J connectivity index is 1.61. The molecule has 0 aromatic heterocycles. The third kappa shape index (κ3) is 1.57. The molecule has 2 saturated heterocycles. The number of amides is 1. The van der Waals surface area contributed by atoms with Crippen LogP contribution in [0.5, 0.6) is 0 Å². The van der Waals surface area contributed by atoms with Gasteiger partial charge in [-0.1, -0.05) is 12.8 Å². The van der Waals surface area contributed by atoms with Gasteiger partial charge in [0.15, 0.2) is 0 Å². The second kappa shape index (κ2) is 3.48. The van der Waals surface area contributed by atoms with E-state index in [1.54, 1.807) is 0 Å². The molecule has 0 bridgehead atoms. The summed E-state index contributed by atoms with van der Waals surface area (Å²) < 4.78 is 0. The zero-order valence-corrected chi connectivity index (χ0v) is 9.30. The summed E-state index contributed by atoms with van der Waals surface area (Å²) in [5.74, 6) is 0.824. The van der Waals surface area contributed by atoms with Gasteiger partial charge in [0.2, 0.25) is 5.91 Å². The third-order valence-electron chi connectivity index (χ3n) is 4.45. The third-order valence-corrected chi connectivity index (χ3v) is 4.45. The first kappa shape index (κ1) is 9.64. The van der Waals surface area contributed by atoms with Gasteiger partial charge in [0.1, 0.15) is 0 Å². The Morgan fingerprint density at radius 1 is 1.27 bits per heavy atom. The molecule has 3 fully saturated rings. The summed E-state index contributed by atoms with van der Waals surface area (Å²) in [5, 5.41) is 3.33. The zero-order valence-electron chi connectivity index (χ0n) is 9.30. The van der Waals surface area contributed by atoms with Crippen molar-refractivity contribution in [3.05, 3.63) is 0 Å². The number of carbonyl (C=O) groups excluding carboxylic acids is 1. The first-order valence-corrected chi connectivity index (χ1v) is 6.29. The van der Waals surface area contributed by atoms with Gasteiger partial charge in [-0.3, -0.25) is 4.79 Å². The van der Waals surface area contributed by atoms with Gasteiger partial charge in [0, 0.05) is 37.5 Å². The van der Waals surface area contributed by atoms with Gasteiger partial charge >= 0.3 is 0 Å². The van der Waals surface area contributed by atoms with E-state index in [0.29, 0.717) is 17.2 Å². The van der Waals surface area contributed by atoms with E-state index in [9.17, 15) is 4.79 Å². The largest absolute Gasteiger partial charge is 0.342 e. The topological polar surface area (TPSA) is 32.3 Å². The van der Waals surface area contributed by atoms with Crippen molar-refractivity contribution in [2.24, 2.45) is 11.3 Å². The Labute approximate surface area is 91.2 Å². The average molecular weight is 208 g/mol. The van der Waals surface area contributed by atoms with Crippen molar-refractivity contribution < 1.29 is 4.79 Å². The quantitative estimate of drug-likeness (QED) is 0.697. The molecule has 0 atom stereocenters. The predicted octanol–water partition coefficient (Wildman–Crippen LogP) is 0.998. The number of nitrogens with one attached hydrogen (secondary N) is 1. The van der Waals surface area contributed by atoms with Gasteiger partial charge in [-0.05, 0) is 19.3 Å². The maximum absolute atomic E-state index is 12.2. The molecule has 3 aliphatic rings. The van der Waals surface area contributed by atoms with Gasteiger partial charge < -0.3 is 10.2 Å². The van der Waals surface area contributed by atoms with Crippen LogP contribution in [0.2, 0.25) is 0 Å². The summed E-state index contributed by atoms with van der Waals surface area (Å²) in [4.78, 5) is 14.3. The summed E-state index contributed by atoms with van der Waals surface area (Å²) in [6.07, 6.45) is 6.02. The lowest BCUT2D eigenvalue weighted by Gasteiger charge is -2.39. The minimum absolute atomic E-state index is 0.369. The fourth-order valence-corrected chi connectivity index (χ4v) is 3.32. The summed E-state index contributed by atoms with van der Waals surface area (Å²) in [6.45, 7) is 4.29. The molecule has 1 N–H and O–H groups in total. The number of rotatable bonds is 1. The molecule has 84 valence electrons. The number of carbonyl (C=O) groups is 1. The van der Waals surface area contributed by atoms with Crippen LogP contribution in [0.3, 0.4) is 0 Å². The second-order valence-corrected chi connectivity index (χ2v) is 5.59. The SMILES string of the molecule is O=C(C1CCCC1)N1CCC2(CNC2)C1. The number of nitrogens with zero attached hydrogens (tertiary/aromatic N) is 1. The first-order chi connectivity index (χ1) is 7.29. The fraction of sp³-hybridized carbons (Fsp3) is 0.917. The van der Waals surface area contributed by atoms with E-state index in [1.807, 2.05) is 0 Å². The Bertz CT molecular complexity index is 267. The van der Waals surface area contributed by atoms with Crippen molar-refractivity contribution in [3.8, 4) is 0 Å². The van der Waals surface area contributed by atoms with Gasteiger partial charge in [-0.25, -0.2) is 0 Å². The average Bonchev–Trinajstić information content (AvgIpc) is 2.85. The Morgan fingerprint density at radius 3 is 2.53 bits per heavy atom. The van der Waals surface area contributed by atoms with Crippen LogP contribution >= 0.6 is 0 Å². The van der Waals surface area contributed by atoms with E-state index in [-0.39, 0.29) is 0 Å². The minimum Gasteiger partial charge on any atom is -0.342 e. The van der Waals surface area contributed by atoms with Gasteiger partial charge in [0.25, 0.3) is 0 Å². The van der Waals surface area contributed by atoms with Crippen molar-refractivity contribution in [1.29, 1.82) is 0 Å². The molecule has 3 nitrogen and oxygen atoms in total. The van der Waals surface area contributed by atoms with Crippen LogP contribution < -0.4 is 5.32 Å². The molecule has 0 unspecified atom stereocenters. The summed E-state index contributed by atoms with van der Waals surface area (Å²) in [7, 11) is 0. The van der Waals surface area contributed by atoms with Crippen molar-refractivity contribution >= 4 is 5.91 Å². The Kier molecular flexibility index (Phi) is 2.23. The van der Waals surface area contributed by atoms with E-state index in [0.717, 1.165) is 39.0 Å². The smallest absolute Gasteiger partial charge is 0.225 e. The normalized spacial score (nSPS) is 29.7. The highest BCUT2D eigenvalue weighted by Gasteiger charge is 2.45. The highest BCUT2D eigenvalue weighted by atomic mass is 16.2. The molecule has 2 aliphatic heterocycles. The predicted molar refractivity (Wildman–Crippen MR) is 58.5 cm³/mol. The van der Waals surface area contributed by atoms with Crippen LogP contribution in [0.25, 0.3) is 0 Å². The van der Waals surface area contributed by atoms with Crippen molar-refractivity contribution in [2.75, 3.05) is 26.2 Å². The molecule has 1 spiro atoms. The van der Waals surface area contributed by atoms with Crippen molar-refractivity contribution in [3.63, 3.8) is 0 Å². The monoisotopic (exact) mass is 208 g/mol. The highest BCUT2D eigenvalue weighted by molar-refractivity contribution is 5.79. The van der Waals surface area contributed by atoms with Crippen LogP contribution in [0.1, 0.15) is 32.1 Å². The Hall–Kier alpha value is -0.570. The molecular weight excluding hydrogens is 188 g/mol. The summed E-state index contributed by atoms with van der Waals surface area (Å²) >= 11 is 0. The molecule has 15 heavy (non-hydrogen) atoms. The Morgan fingerprint density at radius 2 is 2.00 bits per heavy atom. The van der Waals surface area contributed by atoms with Gasteiger partial charge in [-0.15, -0.1) is 0 Å². The standard InChI is InChI=1S/C12H20N2O/c15-11(10-3-1-2-4-10)14-6-5-12(9-14)7-13-8-12/h10,13H,1-9H2. The minimum atomic E-state index is 0.369. The molecular formula is C12H20N2O. The lowest BCUT2D eigenvalue weighted by atomic mass is 9.81. The van der Waals surface area contributed by atoms with Gasteiger partial charge in [0.05, 0.1) is 0 Å². The van der Waals surface area contributed by atoms with Crippen LogP contribution in [-0.4, -0.2) is 37.0 Å². The molecule has 3 heteroatoms. The summed E-state index contributed by atoms with van der Waals surface area (Å²) in [6, 6.07) is 0. The van der Waals surface area contributed by atoms with Crippen LogP contribution in [0.4, 0.5) is 0 Å². The molecule has 0 radical (unpaired) electrons. The molecule has 0 aromatic rings. The van der Waals surface area contributed by atoms with Crippen LogP contribution in [0.15, 0.2) is 0 Å². The summed E-state index contributed by atoms with van der Waals surface area (Å²) in [5.41, 5.74) is 0.467. The number of hydrogen-bond acceptors (Lipinski definition) is 2. The number of hydrogen-bond donors (Lipinski definition) is 1. The second-order valence-electron chi connectivity index (χ2n) is 5.59. The molecule has 1 saturated carbocycles. The van der Waals surface area contributed by atoms with E-state index < -0.39 is 0 Å². The van der Waals surface area contributed by atoms with Crippen molar-refractivity contribution in [2.45, 2.75) is 32.1 Å². The van der Waals surface area contributed by atoms with Crippen LogP contribution in [-0.2, 0) is 4.79 Å². The van der Waals surface area contributed by atoms with E-state index >= 15 is 0 Å². The van der Waals surface area contributed by atoms with Crippen LogP contribution in [0, 0.1) is 11.3 Å². The van der Waals surface area contributed by atoms with E-state index in [2.05, 4.69) is 10.2 Å². The van der Waals surface area contributed by atoms with E-state index in [1.165, 1.54) is 19.3 Å². The molecule has 1 aliphatic carbocycles. The lowest BCUT2D eigenvalue weighted by molar-refractivity contribution is -0.134. The fourth-order valence-electron chi connectivity index (χ4n) is 3.32. The molecule has 2 heterocycles. The highest BCUT2D eigenvalue weighted by Crippen LogP contribution is 2.36. The molecule has 3 rings (SSSR count). The van der Waals surface area contributed by atoms with E-state index in [4.69, 9.17) is 0 Å². The maximum Gasteiger partial charge on any atom is 0.225 e. The maximum atomic E-state index is 12.2. The number of likely N-dealkylation sites (tertiary alicyclic amines) is 1. The zero-order chi connectivity index (χ0) is 10.3. The first-order valence-electron chi connectivity index (χ1n) is 6.29. The molecule has 1 amide bonds. The molecule has 0 aromatic carbocycles. The lowest BCUT2D eigenvalue weighted by Crippen LogP contribution is -2.55. The van der Waals surface area contributed by atoms with Gasteiger partial charge in [-0.2, -0.15) is 0 Å². The van der Waals surface area contributed by atoms with Crippen molar-refractivity contribution in [1.82, 2.24) is 10.2 Å².